The number of nitrogens with one attached hydrogen (secondary N) is 1. The van der Waals surface area contributed by atoms with Crippen molar-refractivity contribution < 1.29 is 14.2 Å². The van der Waals surface area contributed by atoms with Crippen molar-refractivity contribution in [3.8, 4) is 0 Å². The van der Waals surface area contributed by atoms with Gasteiger partial charge in [-0.15, -0.1) is 0 Å². The van der Waals surface area contributed by atoms with E-state index in [1.54, 1.807) is 19.2 Å². The Morgan fingerprint density at radius 1 is 1.29 bits per heavy atom. The first-order valence-electron chi connectivity index (χ1n) is 8.02. The molecule has 1 atom stereocenters. The monoisotopic (exact) mass is 371 g/mol. The van der Waals surface area contributed by atoms with Crippen LogP contribution in [0, 0.1) is 5.92 Å². The maximum Gasteiger partial charge on any atom is 0.293 e. The first-order chi connectivity index (χ1) is 11.2. The van der Waals surface area contributed by atoms with Gasteiger partial charge in [0.1, 0.15) is 0 Å². The molecule has 0 fully saturated rings. The summed E-state index contributed by atoms with van der Waals surface area (Å²) in [6.45, 7) is 6.15. The average molecular weight is 372 g/mol. The lowest BCUT2D eigenvalue weighted by Gasteiger charge is -2.21. The van der Waals surface area contributed by atoms with Gasteiger partial charge in [-0.3, -0.25) is 9.59 Å². The van der Waals surface area contributed by atoms with Gasteiger partial charge in [-0.25, -0.2) is 0 Å². The highest BCUT2D eigenvalue weighted by atomic mass is 35.5. The lowest BCUT2D eigenvalue weighted by atomic mass is 9.54. The van der Waals surface area contributed by atoms with Gasteiger partial charge < -0.3 is 9.97 Å². The van der Waals surface area contributed by atoms with Crippen molar-refractivity contribution in [2.24, 2.45) is 5.92 Å². The normalized spacial score (nSPS) is 12.1. The Morgan fingerprint density at radius 3 is 2.54 bits per heavy atom. The molecule has 4 nitrogen and oxygen atoms in total. The fourth-order valence-electron chi connectivity index (χ4n) is 2.55. The molecule has 1 N–H and O–H groups in total. The van der Waals surface area contributed by atoms with Crippen molar-refractivity contribution in [2.75, 3.05) is 13.7 Å². The predicted molar refractivity (Wildman–Crippen MR) is 100 cm³/mol. The number of rotatable bonds is 9. The molecule has 0 bridgehead atoms. The zero-order valence-corrected chi connectivity index (χ0v) is 16.1. The smallest absolute Gasteiger partial charge is 0.293 e. The Kier molecular flexibility index (Phi) is 8.81. The lowest BCUT2D eigenvalue weighted by Crippen LogP contribution is -2.32. The van der Waals surface area contributed by atoms with Gasteiger partial charge in [0.25, 0.3) is 12.8 Å². The van der Waals surface area contributed by atoms with Crippen molar-refractivity contribution in [1.82, 2.24) is 5.32 Å². The van der Waals surface area contributed by atoms with Crippen LogP contribution in [0.5, 0.6) is 0 Å². The largest absolute Gasteiger partial charge is 0.438 e. The molecule has 0 radical (unpaired) electrons. The number of carbonyl (C=O) groups excluding carboxylic acids is 2. The number of Topliss-reactive ketones (excluding diaryl/α,β-unsaturated/α-hetero) is 1. The van der Waals surface area contributed by atoms with E-state index in [2.05, 4.69) is 19.2 Å². The van der Waals surface area contributed by atoms with E-state index in [1.807, 2.05) is 6.82 Å². The molecule has 0 heterocycles. The summed E-state index contributed by atoms with van der Waals surface area (Å²) < 4.78 is 5.37. The van der Waals surface area contributed by atoms with Gasteiger partial charge in [-0.2, -0.15) is 0 Å². The minimum atomic E-state index is -0.406. The fourth-order valence-corrected chi connectivity index (χ4v) is 2.92. The molecule has 24 heavy (non-hydrogen) atoms. The van der Waals surface area contributed by atoms with Crippen LogP contribution >= 0.6 is 23.2 Å². The number of amides is 1. The van der Waals surface area contributed by atoms with E-state index in [0.29, 0.717) is 22.4 Å². The van der Waals surface area contributed by atoms with E-state index in [0.717, 1.165) is 6.42 Å². The molecule has 1 aromatic rings. The Labute approximate surface area is 154 Å². The van der Waals surface area contributed by atoms with Crippen molar-refractivity contribution >= 4 is 41.8 Å². The summed E-state index contributed by atoms with van der Waals surface area (Å²) in [5.41, 5.74) is 0.265. The number of carbonyl (C=O) groups is 2. The third kappa shape index (κ3) is 6.84. The fraction of sp³-hybridized carbons (Fsp3) is 0.529. The van der Waals surface area contributed by atoms with Gasteiger partial charge in [0.15, 0.2) is 5.78 Å². The van der Waals surface area contributed by atoms with Gasteiger partial charge >= 0.3 is 0 Å². The molecule has 0 aliphatic carbocycles. The molecule has 132 valence electrons. The molecular weight excluding hydrogens is 348 g/mol. The topological polar surface area (TPSA) is 55.4 Å². The first kappa shape index (κ1) is 21.0. The molecule has 1 rings (SSSR count). The quantitative estimate of drug-likeness (QED) is 0.656. The standard InChI is InChI=1S/C17H24BCl2NO3/c1-11(2)7-12(18(3)24-4)8-14(22)10-21-17(23)15-9-13(19)5-6-16(15)20/h5-6,9,11-12H,7-8,10H2,1-4H3,(H,21,23)/t12-/m1/s1. The predicted octanol–water partition coefficient (Wildman–Crippen LogP) is 4.37. The average Bonchev–Trinajstić information content (AvgIpc) is 2.53. The zero-order valence-electron chi connectivity index (χ0n) is 14.6. The van der Waals surface area contributed by atoms with Gasteiger partial charge in [-0.1, -0.05) is 50.3 Å². The van der Waals surface area contributed by atoms with E-state index < -0.39 is 5.91 Å². The number of hydrogen-bond donors (Lipinski definition) is 1. The van der Waals surface area contributed by atoms with Crippen LogP contribution in [-0.2, 0) is 9.45 Å². The molecule has 0 aliphatic rings. The van der Waals surface area contributed by atoms with Crippen LogP contribution in [0.4, 0.5) is 0 Å². The highest BCUT2D eigenvalue weighted by Crippen LogP contribution is 2.25. The Balaban J connectivity index is 2.60. The molecular formula is C17H24BCl2NO3. The SMILES string of the molecule is COB(C)[C@@H](CC(=O)CNC(=O)c1cc(Cl)ccc1Cl)CC(C)C. The van der Waals surface area contributed by atoms with Crippen LogP contribution in [0.2, 0.25) is 22.7 Å². The zero-order chi connectivity index (χ0) is 18.3. The van der Waals surface area contributed by atoms with Crippen molar-refractivity contribution in [3.05, 3.63) is 33.8 Å². The number of ketones is 1. The summed E-state index contributed by atoms with van der Waals surface area (Å²) in [4.78, 5) is 24.4. The minimum absolute atomic E-state index is 0.00516. The van der Waals surface area contributed by atoms with Crippen LogP contribution in [0.3, 0.4) is 0 Å². The second kappa shape index (κ2) is 10.1. The molecule has 7 heteroatoms. The third-order valence-corrected chi connectivity index (χ3v) is 4.48. The number of benzene rings is 1. The summed E-state index contributed by atoms with van der Waals surface area (Å²) in [5, 5.41) is 3.33. The van der Waals surface area contributed by atoms with Crippen molar-refractivity contribution in [3.63, 3.8) is 0 Å². The summed E-state index contributed by atoms with van der Waals surface area (Å²) in [6.07, 6.45) is 1.27. The highest BCUT2D eigenvalue weighted by molar-refractivity contribution is 6.52. The van der Waals surface area contributed by atoms with Gasteiger partial charge in [0, 0.05) is 18.6 Å². The highest BCUT2D eigenvalue weighted by Gasteiger charge is 2.25. The van der Waals surface area contributed by atoms with E-state index in [4.69, 9.17) is 27.9 Å². The maximum absolute atomic E-state index is 12.2. The van der Waals surface area contributed by atoms with Crippen LogP contribution < -0.4 is 5.32 Å². The van der Waals surface area contributed by atoms with Gasteiger partial charge in [0.05, 0.1) is 17.1 Å². The van der Waals surface area contributed by atoms with Crippen LogP contribution in [-0.4, -0.2) is 32.3 Å². The van der Waals surface area contributed by atoms with Crippen molar-refractivity contribution in [1.29, 1.82) is 0 Å². The maximum atomic E-state index is 12.2. The molecule has 0 unspecified atom stereocenters. The molecule has 0 saturated carbocycles. The molecule has 1 aromatic carbocycles. The van der Waals surface area contributed by atoms with E-state index in [9.17, 15) is 9.59 Å². The molecule has 0 aliphatic heterocycles. The van der Waals surface area contributed by atoms with Crippen molar-refractivity contribution in [2.45, 2.75) is 39.3 Å². The Morgan fingerprint density at radius 2 is 1.96 bits per heavy atom. The van der Waals surface area contributed by atoms with Crippen LogP contribution in [0.1, 0.15) is 37.0 Å². The van der Waals surface area contributed by atoms with E-state index in [-0.39, 0.29) is 30.6 Å². The third-order valence-electron chi connectivity index (χ3n) is 3.92. The molecule has 1 amide bonds. The second-order valence-electron chi connectivity index (χ2n) is 6.38. The van der Waals surface area contributed by atoms with Crippen LogP contribution in [0.15, 0.2) is 18.2 Å². The van der Waals surface area contributed by atoms with Crippen LogP contribution in [0.25, 0.3) is 0 Å². The Hall–Kier alpha value is -1.04. The summed E-state index contributed by atoms with van der Waals surface area (Å²) in [7, 11) is 1.64. The number of hydrogen-bond acceptors (Lipinski definition) is 3. The van der Waals surface area contributed by atoms with Gasteiger partial charge in [-0.05, 0) is 29.9 Å². The lowest BCUT2D eigenvalue weighted by molar-refractivity contribution is -0.118. The molecule has 0 spiro atoms. The Bertz CT molecular complexity index is 581. The first-order valence-corrected chi connectivity index (χ1v) is 8.77. The summed E-state index contributed by atoms with van der Waals surface area (Å²) >= 11 is 11.9. The summed E-state index contributed by atoms with van der Waals surface area (Å²) in [5.74, 6) is 0.168. The number of halogens is 2. The van der Waals surface area contributed by atoms with Gasteiger partial charge in [0.2, 0.25) is 0 Å². The van der Waals surface area contributed by atoms with E-state index >= 15 is 0 Å². The van der Waals surface area contributed by atoms with E-state index in [1.165, 1.54) is 6.07 Å². The minimum Gasteiger partial charge on any atom is -0.438 e. The molecule has 0 saturated heterocycles. The summed E-state index contributed by atoms with van der Waals surface area (Å²) in [6, 6.07) is 4.65. The molecule has 0 aromatic heterocycles. The second-order valence-corrected chi connectivity index (χ2v) is 7.22.